The molecular formula is C16H23NO4. The molecule has 2 unspecified atom stereocenters. The second-order valence-corrected chi connectivity index (χ2v) is 5.09. The molecule has 1 aromatic rings. The quantitative estimate of drug-likeness (QED) is 0.783. The number of amides is 1. The molecule has 5 nitrogen and oxygen atoms in total. The number of hydrogen-bond acceptors (Lipinski definition) is 4. The maximum absolute atomic E-state index is 12.4. The Morgan fingerprint density at radius 2 is 1.86 bits per heavy atom. The molecule has 0 fully saturated rings. The van der Waals surface area contributed by atoms with Gasteiger partial charge in [0.05, 0.1) is 7.11 Å². The molecule has 0 bridgehead atoms. The van der Waals surface area contributed by atoms with E-state index >= 15 is 0 Å². The van der Waals surface area contributed by atoms with E-state index in [9.17, 15) is 9.59 Å². The highest BCUT2D eigenvalue weighted by atomic mass is 16.5. The van der Waals surface area contributed by atoms with Crippen LogP contribution in [0.3, 0.4) is 0 Å². The van der Waals surface area contributed by atoms with E-state index in [0.717, 1.165) is 12.0 Å². The molecule has 21 heavy (non-hydrogen) atoms. The number of rotatable bonds is 7. The zero-order valence-corrected chi connectivity index (χ0v) is 13.0. The fraction of sp³-hybridized carbons (Fsp3) is 0.500. The molecule has 0 saturated heterocycles. The number of ether oxygens (including phenoxy) is 2. The summed E-state index contributed by atoms with van der Waals surface area (Å²) >= 11 is 0. The molecule has 0 saturated carbocycles. The fourth-order valence-corrected chi connectivity index (χ4v) is 2.30. The van der Waals surface area contributed by atoms with Gasteiger partial charge in [0.2, 0.25) is 0 Å². The van der Waals surface area contributed by atoms with Crippen LogP contribution in [0.5, 0.6) is 0 Å². The lowest BCUT2D eigenvalue weighted by Gasteiger charge is -2.29. The number of hydrogen-bond donors (Lipinski definition) is 1. The summed E-state index contributed by atoms with van der Waals surface area (Å²) in [6.45, 7) is 3.61. The first kappa shape index (κ1) is 17.2. The van der Waals surface area contributed by atoms with E-state index in [1.807, 2.05) is 37.3 Å². The molecule has 116 valence electrons. The Bertz CT molecular complexity index is 474. The van der Waals surface area contributed by atoms with Gasteiger partial charge in [0.25, 0.3) is 5.91 Å². The van der Waals surface area contributed by atoms with E-state index in [-0.39, 0.29) is 5.91 Å². The minimum atomic E-state index is -1.05. The molecule has 5 heteroatoms. The summed E-state index contributed by atoms with van der Waals surface area (Å²) in [6, 6.07) is 9.15. The second kappa shape index (κ2) is 7.78. The van der Waals surface area contributed by atoms with E-state index in [1.165, 1.54) is 14.2 Å². The van der Waals surface area contributed by atoms with Crippen LogP contribution in [0.25, 0.3) is 0 Å². The first-order valence-electron chi connectivity index (χ1n) is 6.96. The van der Waals surface area contributed by atoms with Gasteiger partial charge in [-0.25, -0.2) is 4.79 Å². The SMILES string of the molecule is CCCC(C)(NC(=O)C(OC)c1ccccc1)C(=O)OC. The van der Waals surface area contributed by atoms with Crippen LogP contribution in [0, 0.1) is 0 Å². The van der Waals surface area contributed by atoms with E-state index in [1.54, 1.807) is 6.92 Å². The van der Waals surface area contributed by atoms with E-state index < -0.39 is 17.6 Å². The highest BCUT2D eigenvalue weighted by Gasteiger charge is 2.37. The summed E-state index contributed by atoms with van der Waals surface area (Å²) in [5.41, 5.74) is -0.312. The molecule has 0 heterocycles. The summed E-state index contributed by atoms with van der Waals surface area (Å²) < 4.78 is 10.1. The maximum atomic E-state index is 12.4. The van der Waals surface area contributed by atoms with Crippen molar-refractivity contribution in [3.63, 3.8) is 0 Å². The third-order valence-corrected chi connectivity index (χ3v) is 3.36. The van der Waals surface area contributed by atoms with Crippen molar-refractivity contribution in [2.75, 3.05) is 14.2 Å². The lowest BCUT2D eigenvalue weighted by Crippen LogP contribution is -2.54. The molecular weight excluding hydrogens is 270 g/mol. The summed E-state index contributed by atoms with van der Waals surface area (Å²) in [6.07, 6.45) is 0.484. The van der Waals surface area contributed by atoms with Crippen LogP contribution in [0.1, 0.15) is 38.4 Å². The van der Waals surface area contributed by atoms with Gasteiger partial charge in [0.1, 0.15) is 5.54 Å². The van der Waals surface area contributed by atoms with Gasteiger partial charge in [-0.3, -0.25) is 4.79 Å². The van der Waals surface area contributed by atoms with Gasteiger partial charge < -0.3 is 14.8 Å². The smallest absolute Gasteiger partial charge is 0.331 e. The average molecular weight is 293 g/mol. The largest absolute Gasteiger partial charge is 0.467 e. The highest BCUT2D eigenvalue weighted by molar-refractivity contribution is 5.90. The molecule has 2 atom stereocenters. The summed E-state index contributed by atoms with van der Waals surface area (Å²) in [4.78, 5) is 24.4. The third kappa shape index (κ3) is 4.29. The van der Waals surface area contributed by atoms with Crippen molar-refractivity contribution in [2.45, 2.75) is 38.3 Å². The molecule has 0 radical (unpaired) electrons. The van der Waals surface area contributed by atoms with Crippen molar-refractivity contribution in [3.05, 3.63) is 35.9 Å². The van der Waals surface area contributed by atoms with Crippen molar-refractivity contribution >= 4 is 11.9 Å². The monoisotopic (exact) mass is 293 g/mol. The van der Waals surface area contributed by atoms with Crippen molar-refractivity contribution in [1.29, 1.82) is 0 Å². The van der Waals surface area contributed by atoms with E-state index in [2.05, 4.69) is 5.32 Å². The Morgan fingerprint density at radius 1 is 1.24 bits per heavy atom. The van der Waals surface area contributed by atoms with Gasteiger partial charge in [-0.1, -0.05) is 43.7 Å². The van der Waals surface area contributed by atoms with Gasteiger partial charge in [0.15, 0.2) is 6.10 Å². The number of nitrogens with one attached hydrogen (secondary N) is 1. The molecule has 1 N–H and O–H groups in total. The Balaban J connectivity index is 2.92. The fourth-order valence-electron chi connectivity index (χ4n) is 2.30. The molecule has 1 rings (SSSR count). The van der Waals surface area contributed by atoms with E-state index in [4.69, 9.17) is 9.47 Å². The predicted molar refractivity (Wildman–Crippen MR) is 79.7 cm³/mol. The first-order valence-corrected chi connectivity index (χ1v) is 6.96. The molecule has 1 aromatic carbocycles. The predicted octanol–water partition coefficient (Wildman–Crippen LogP) is 2.22. The Kier molecular flexibility index (Phi) is 6.37. The number of benzene rings is 1. The topological polar surface area (TPSA) is 64.6 Å². The first-order chi connectivity index (χ1) is 9.98. The average Bonchev–Trinajstić information content (AvgIpc) is 2.48. The van der Waals surface area contributed by atoms with Gasteiger partial charge in [0, 0.05) is 7.11 Å². The molecule has 0 aliphatic heterocycles. The summed E-state index contributed by atoms with van der Waals surface area (Å²) in [7, 11) is 2.78. The summed E-state index contributed by atoms with van der Waals surface area (Å²) in [5.74, 6) is -0.814. The molecule has 0 aromatic heterocycles. The van der Waals surface area contributed by atoms with Gasteiger partial charge in [-0.05, 0) is 18.9 Å². The van der Waals surface area contributed by atoms with Crippen LogP contribution in [0.2, 0.25) is 0 Å². The normalized spacial score (nSPS) is 14.9. The van der Waals surface area contributed by atoms with Crippen LogP contribution in [0.15, 0.2) is 30.3 Å². The van der Waals surface area contributed by atoms with Gasteiger partial charge >= 0.3 is 5.97 Å². The van der Waals surface area contributed by atoms with Crippen LogP contribution in [0.4, 0.5) is 0 Å². The number of carbonyl (C=O) groups excluding carboxylic acids is 2. The van der Waals surface area contributed by atoms with Crippen LogP contribution in [-0.2, 0) is 19.1 Å². The molecule has 0 aliphatic rings. The van der Waals surface area contributed by atoms with E-state index in [0.29, 0.717) is 6.42 Å². The number of esters is 1. The van der Waals surface area contributed by atoms with Crippen molar-refractivity contribution in [2.24, 2.45) is 0 Å². The van der Waals surface area contributed by atoms with Crippen LogP contribution in [-0.4, -0.2) is 31.6 Å². The van der Waals surface area contributed by atoms with Crippen LogP contribution >= 0.6 is 0 Å². The minimum absolute atomic E-state index is 0.356. The Morgan fingerprint density at radius 3 is 2.33 bits per heavy atom. The van der Waals surface area contributed by atoms with Crippen molar-refractivity contribution < 1.29 is 19.1 Å². The Hall–Kier alpha value is -1.88. The highest BCUT2D eigenvalue weighted by Crippen LogP contribution is 2.20. The van der Waals surface area contributed by atoms with Gasteiger partial charge in [-0.15, -0.1) is 0 Å². The standard InChI is InChI=1S/C16H23NO4/c1-5-11-16(2,15(19)21-4)17-14(18)13(20-3)12-9-7-6-8-10-12/h6-10,13H,5,11H2,1-4H3,(H,17,18). The van der Waals surface area contributed by atoms with Gasteiger partial charge in [-0.2, -0.15) is 0 Å². The number of carbonyl (C=O) groups is 2. The number of methoxy groups -OCH3 is 2. The lowest BCUT2D eigenvalue weighted by molar-refractivity contribution is -0.152. The molecule has 0 aliphatic carbocycles. The maximum Gasteiger partial charge on any atom is 0.331 e. The Labute approximate surface area is 125 Å². The molecule has 0 spiro atoms. The second-order valence-electron chi connectivity index (χ2n) is 5.09. The lowest BCUT2D eigenvalue weighted by atomic mass is 9.95. The zero-order valence-electron chi connectivity index (χ0n) is 13.0. The zero-order chi connectivity index (χ0) is 15.9. The molecule has 1 amide bonds. The van der Waals surface area contributed by atoms with Crippen molar-refractivity contribution in [1.82, 2.24) is 5.32 Å². The van der Waals surface area contributed by atoms with Crippen LogP contribution < -0.4 is 5.32 Å². The summed E-state index contributed by atoms with van der Waals surface area (Å²) in [5, 5.41) is 2.76. The third-order valence-electron chi connectivity index (χ3n) is 3.36. The van der Waals surface area contributed by atoms with Crippen molar-refractivity contribution in [3.8, 4) is 0 Å². The minimum Gasteiger partial charge on any atom is -0.467 e.